The molecule has 46 heavy (non-hydrogen) atoms. The van der Waals surface area contributed by atoms with Crippen molar-refractivity contribution in [3.8, 4) is 10.6 Å². The van der Waals surface area contributed by atoms with E-state index in [2.05, 4.69) is 30.9 Å². The smallest absolute Gasteiger partial charge is 0.412 e. The highest BCUT2D eigenvalue weighted by atomic mass is 32.1. The Bertz CT molecular complexity index is 1560. The molecule has 0 spiro atoms. The molecule has 2 atom stereocenters. The summed E-state index contributed by atoms with van der Waals surface area (Å²) in [5, 5.41) is 13.1. The zero-order chi connectivity index (χ0) is 33.8. The molecular formula is C31H42FN7O6S. The van der Waals surface area contributed by atoms with Crippen LogP contribution in [0.1, 0.15) is 64.9 Å². The molecule has 3 heterocycles. The van der Waals surface area contributed by atoms with Crippen LogP contribution in [0.4, 0.5) is 30.5 Å². The number of carbonyl (C=O) groups is 3. The Hall–Kier alpha value is -4.24. The van der Waals surface area contributed by atoms with Gasteiger partial charge >= 0.3 is 12.2 Å². The summed E-state index contributed by atoms with van der Waals surface area (Å²) >= 11 is 0.957. The van der Waals surface area contributed by atoms with E-state index in [0.29, 0.717) is 37.4 Å². The molecule has 0 saturated carbocycles. The van der Waals surface area contributed by atoms with E-state index in [0.717, 1.165) is 11.3 Å². The monoisotopic (exact) mass is 659 g/mol. The number of aryl methyl sites for hydroxylation is 1. The van der Waals surface area contributed by atoms with Gasteiger partial charge in [-0.1, -0.05) is 23.5 Å². The number of amides is 3. The predicted molar refractivity (Wildman–Crippen MR) is 174 cm³/mol. The Morgan fingerprint density at radius 3 is 2.28 bits per heavy atom. The number of alkyl carbamates (subject to hydrolysis) is 1. The topological polar surface area (TPSA) is 149 Å². The minimum atomic E-state index is -0.785. The number of hydrogen-bond acceptors (Lipinski definition) is 10. The minimum absolute atomic E-state index is 0.101. The molecule has 1 aliphatic heterocycles. The fourth-order valence-corrected chi connectivity index (χ4v) is 5.95. The van der Waals surface area contributed by atoms with Gasteiger partial charge in [0, 0.05) is 32.8 Å². The quantitative estimate of drug-likeness (QED) is 0.287. The minimum Gasteiger partial charge on any atom is -0.444 e. The molecule has 13 nitrogen and oxygen atoms in total. The predicted octanol–water partition coefficient (Wildman–Crippen LogP) is 5.79. The highest BCUT2D eigenvalue weighted by Gasteiger charge is 2.32. The van der Waals surface area contributed by atoms with Crippen LogP contribution < -0.4 is 20.9 Å². The van der Waals surface area contributed by atoms with E-state index in [1.54, 1.807) is 78.6 Å². The Kier molecular flexibility index (Phi) is 10.6. The normalized spacial score (nSPS) is 17.2. The van der Waals surface area contributed by atoms with Crippen LogP contribution in [0.25, 0.3) is 10.6 Å². The fraction of sp³-hybridized carbons (Fsp3) is 0.516. The van der Waals surface area contributed by atoms with E-state index in [1.165, 1.54) is 12.3 Å². The maximum absolute atomic E-state index is 14.7. The van der Waals surface area contributed by atoms with Crippen LogP contribution in [0.2, 0.25) is 0 Å². The van der Waals surface area contributed by atoms with Crippen molar-refractivity contribution in [2.45, 2.75) is 77.7 Å². The number of anilines is 3. The molecule has 2 aromatic heterocycles. The first-order chi connectivity index (χ1) is 21.5. The number of rotatable bonds is 7. The van der Waals surface area contributed by atoms with Gasteiger partial charge in [0.25, 0.3) is 5.91 Å². The Morgan fingerprint density at radius 2 is 1.63 bits per heavy atom. The number of thiazole rings is 1. The van der Waals surface area contributed by atoms with Gasteiger partial charge in [0.05, 0.1) is 18.3 Å². The van der Waals surface area contributed by atoms with Crippen LogP contribution in [-0.4, -0.2) is 76.4 Å². The van der Waals surface area contributed by atoms with E-state index < -0.39 is 35.1 Å². The third-order valence-corrected chi connectivity index (χ3v) is 7.87. The molecule has 15 heteroatoms. The highest BCUT2D eigenvalue weighted by Crippen LogP contribution is 2.35. The lowest BCUT2D eigenvalue weighted by molar-refractivity contribution is 0.0327. The number of nitrogens with zero attached hydrogens (tertiary/aromatic N) is 4. The number of methoxy groups -OCH3 is 1. The standard InChI is InChI=1S/C31H42FN7O6S/c1-30(2,3)44-28(41)35-20-13-15-39(16-14-22(20)43-8)27-21(17-33-38(27)7)34-24(40)23-26(37-29(42)45-31(4,5)6)46-25(36-23)18-11-9-10-12-19(18)32/h9-12,17,20,22H,13-16H2,1-8H3,(H,34,40)(H,35,41)(H,37,42)/t20-,22+/m1/s1. The molecule has 0 bridgehead atoms. The third kappa shape index (κ3) is 8.94. The van der Waals surface area contributed by atoms with Crippen molar-refractivity contribution in [3.63, 3.8) is 0 Å². The lowest BCUT2D eigenvalue weighted by atomic mass is 10.1. The molecule has 250 valence electrons. The molecule has 1 aromatic carbocycles. The zero-order valence-corrected chi connectivity index (χ0v) is 28.2. The van der Waals surface area contributed by atoms with Gasteiger partial charge in [-0.05, 0) is 66.5 Å². The second-order valence-corrected chi connectivity index (χ2v) is 13.9. The van der Waals surface area contributed by atoms with Crippen molar-refractivity contribution in [1.29, 1.82) is 0 Å². The number of halogens is 1. The largest absolute Gasteiger partial charge is 0.444 e. The van der Waals surface area contributed by atoms with Crippen molar-refractivity contribution in [1.82, 2.24) is 20.1 Å². The Morgan fingerprint density at radius 1 is 0.978 bits per heavy atom. The van der Waals surface area contributed by atoms with Crippen LogP contribution >= 0.6 is 11.3 Å². The average molecular weight is 660 g/mol. The van der Waals surface area contributed by atoms with Crippen molar-refractivity contribution in [3.05, 3.63) is 42.0 Å². The van der Waals surface area contributed by atoms with E-state index in [9.17, 15) is 18.8 Å². The first-order valence-corrected chi connectivity index (χ1v) is 15.7. The first-order valence-electron chi connectivity index (χ1n) is 14.9. The van der Waals surface area contributed by atoms with Crippen LogP contribution in [-0.2, 0) is 21.3 Å². The zero-order valence-electron chi connectivity index (χ0n) is 27.4. The summed E-state index contributed by atoms with van der Waals surface area (Å²) in [7, 11) is 3.36. The van der Waals surface area contributed by atoms with Gasteiger partial charge in [0.2, 0.25) is 0 Å². The van der Waals surface area contributed by atoms with Gasteiger partial charge < -0.3 is 29.7 Å². The third-order valence-electron chi connectivity index (χ3n) is 6.86. The summed E-state index contributed by atoms with van der Waals surface area (Å²) in [4.78, 5) is 45.4. The van der Waals surface area contributed by atoms with E-state index in [1.807, 2.05) is 0 Å². The van der Waals surface area contributed by atoms with Crippen molar-refractivity contribution < 1.29 is 33.0 Å². The van der Waals surface area contributed by atoms with Gasteiger partial charge in [0.1, 0.15) is 32.7 Å². The second kappa shape index (κ2) is 14.0. The van der Waals surface area contributed by atoms with Crippen LogP contribution in [0, 0.1) is 5.82 Å². The molecule has 0 unspecified atom stereocenters. The number of hydrogen-bond donors (Lipinski definition) is 3. The lowest BCUT2D eigenvalue weighted by Crippen LogP contribution is -2.46. The summed E-state index contributed by atoms with van der Waals surface area (Å²) in [6.45, 7) is 11.6. The maximum atomic E-state index is 14.7. The highest BCUT2D eigenvalue weighted by molar-refractivity contribution is 7.19. The SMILES string of the molecule is CO[C@H]1CCN(c2c(NC(=O)c3nc(-c4ccccc4F)sc3NC(=O)OC(C)(C)C)cnn2C)CC[C@H]1NC(=O)OC(C)(C)C. The van der Waals surface area contributed by atoms with Gasteiger partial charge in [-0.25, -0.2) is 19.0 Å². The van der Waals surface area contributed by atoms with E-state index >= 15 is 0 Å². The first kappa shape index (κ1) is 34.6. The number of carbonyl (C=O) groups excluding carboxylic acids is 3. The van der Waals surface area contributed by atoms with Gasteiger partial charge in [-0.15, -0.1) is 0 Å². The summed E-state index contributed by atoms with van der Waals surface area (Å²) < 4.78 is 32.9. The Labute approximate surface area is 271 Å². The van der Waals surface area contributed by atoms with E-state index in [-0.39, 0.29) is 33.4 Å². The summed E-state index contributed by atoms with van der Waals surface area (Å²) in [6, 6.07) is 5.75. The fourth-order valence-electron chi connectivity index (χ4n) is 4.98. The van der Waals surface area contributed by atoms with Crippen LogP contribution in [0.15, 0.2) is 30.5 Å². The molecule has 3 N–H and O–H groups in total. The molecule has 4 rings (SSSR count). The van der Waals surface area contributed by atoms with Gasteiger partial charge in [0.15, 0.2) is 11.5 Å². The molecule has 1 fully saturated rings. The molecule has 1 saturated heterocycles. The molecule has 3 aromatic rings. The average Bonchev–Trinajstić information content (AvgIpc) is 3.44. The van der Waals surface area contributed by atoms with Crippen molar-refractivity contribution in [2.24, 2.45) is 7.05 Å². The molecule has 0 radical (unpaired) electrons. The molecule has 3 amide bonds. The number of benzene rings is 1. The summed E-state index contributed by atoms with van der Waals surface area (Å²) in [5.41, 5.74) is -0.940. The maximum Gasteiger partial charge on any atom is 0.412 e. The number of ether oxygens (including phenoxy) is 3. The van der Waals surface area contributed by atoms with Gasteiger partial charge in [-0.3, -0.25) is 14.8 Å². The van der Waals surface area contributed by atoms with Crippen LogP contribution in [0.3, 0.4) is 0 Å². The van der Waals surface area contributed by atoms with Gasteiger partial charge in [-0.2, -0.15) is 5.10 Å². The molecule has 1 aliphatic rings. The summed E-state index contributed by atoms with van der Waals surface area (Å²) in [5.74, 6) is -0.517. The Balaban J connectivity index is 1.58. The molecule has 0 aliphatic carbocycles. The molecular weight excluding hydrogens is 617 g/mol. The van der Waals surface area contributed by atoms with Crippen LogP contribution in [0.5, 0.6) is 0 Å². The van der Waals surface area contributed by atoms with E-state index in [4.69, 9.17) is 14.2 Å². The van der Waals surface area contributed by atoms with Crippen molar-refractivity contribution >= 4 is 45.9 Å². The number of nitrogens with one attached hydrogen (secondary N) is 3. The lowest BCUT2D eigenvalue weighted by Gasteiger charge is -2.26. The number of aromatic nitrogens is 3. The van der Waals surface area contributed by atoms with Crippen molar-refractivity contribution in [2.75, 3.05) is 35.7 Å². The summed E-state index contributed by atoms with van der Waals surface area (Å²) in [6.07, 6.45) is 1.08. The second-order valence-electron chi connectivity index (χ2n) is 12.9.